The van der Waals surface area contributed by atoms with E-state index >= 15 is 0 Å². The van der Waals surface area contributed by atoms with E-state index in [1.165, 1.54) is 10.6 Å². The molecule has 174 valence electrons. The Balaban J connectivity index is 1.71. The first-order valence-electron chi connectivity index (χ1n) is 10.9. The maximum atomic E-state index is 12.8. The van der Waals surface area contributed by atoms with Crippen molar-refractivity contribution in [3.63, 3.8) is 0 Å². The first kappa shape index (κ1) is 23.9. The molecule has 1 atom stereocenters. The summed E-state index contributed by atoms with van der Waals surface area (Å²) in [5.41, 5.74) is 7.05. The molecule has 0 saturated carbocycles. The highest BCUT2D eigenvalue weighted by Gasteiger charge is 2.17. The van der Waals surface area contributed by atoms with E-state index in [9.17, 15) is 19.5 Å². The van der Waals surface area contributed by atoms with Crippen LogP contribution in [0.5, 0.6) is 0 Å². The summed E-state index contributed by atoms with van der Waals surface area (Å²) in [6, 6.07) is 8.82. The van der Waals surface area contributed by atoms with Crippen LogP contribution in [0, 0.1) is 5.92 Å². The van der Waals surface area contributed by atoms with E-state index < -0.39 is 12.0 Å². The fourth-order valence-corrected chi connectivity index (χ4v) is 3.49. The summed E-state index contributed by atoms with van der Waals surface area (Å²) in [5, 5.41) is 13.1. The molecule has 5 N–H and O–H groups in total. The number of allylic oxidation sites excluding steroid dienone is 1. The number of nitrogens with zero attached hydrogens (tertiary/aromatic N) is 2. The number of rotatable bonds is 10. The number of carbonyl (C=O) groups is 2. The van der Waals surface area contributed by atoms with Gasteiger partial charge in [-0.3, -0.25) is 14.4 Å². The predicted octanol–water partition coefficient (Wildman–Crippen LogP) is 2.61. The van der Waals surface area contributed by atoms with Gasteiger partial charge in [-0.2, -0.15) is 0 Å². The van der Waals surface area contributed by atoms with Gasteiger partial charge in [0.2, 0.25) is 11.8 Å². The predicted molar refractivity (Wildman–Crippen MR) is 127 cm³/mol. The Morgan fingerprint density at radius 3 is 2.79 bits per heavy atom. The minimum Gasteiger partial charge on any atom is -0.388 e. The van der Waals surface area contributed by atoms with Crippen molar-refractivity contribution in [2.45, 2.75) is 45.8 Å². The topological polar surface area (TPSA) is 143 Å². The first-order valence-corrected chi connectivity index (χ1v) is 10.9. The summed E-state index contributed by atoms with van der Waals surface area (Å²) in [5.74, 6) is -0.201. The Morgan fingerprint density at radius 2 is 2.06 bits per heavy atom. The van der Waals surface area contributed by atoms with E-state index in [4.69, 9.17) is 5.73 Å². The molecule has 1 aromatic carbocycles. The van der Waals surface area contributed by atoms with E-state index in [0.717, 1.165) is 11.1 Å². The maximum Gasteiger partial charge on any atom is 0.274 e. The smallest absolute Gasteiger partial charge is 0.274 e. The van der Waals surface area contributed by atoms with Gasteiger partial charge in [0.25, 0.3) is 5.56 Å². The van der Waals surface area contributed by atoms with Crippen molar-refractivity contribution in [2.75, 3.05) is 5.32 Å². The third-order valence-corrected chi connectivity index (χ3v) is 5.21. The molecule has 3 rings (SSSR count). The molecule has 9 nitrogen and oxygen atoms in total. The highest BCUT2D eigenvalue weighted by atomic mass is 16.3. The number of anilines is 1. The normalized spacial score (nSPS) is 12.5. The number of imidazole rings is 1. The fraction of sp³-hybridized carbons (Fsp3) is 0.333. The van der Waals surface area contributed by atoms with Crippen LogP contribution in [0.2, 0.25) is 0 Å². The summed E-state index contributed by atoms with van der Waals surface area (Å²) < 4.78 is 1.46. The second-order valence-corrected chi connectivity index (χ2v) is 8.22. The van der Waals surface area contributed by atoms with E-state index in [0.29, 0.717) is 24.2 Å². The molecule has 0 aliphatic heterocycles. The van der Waals surface area contributed by atoms with Crippen molar-refractivity contribution in [1.29, 1.82) is 0 Å². The molecule has 0 radical (unpaired) electrons. The molecule has 0 spiro atoms. The van der Waals surface area contributed by atoms with E-state index in [-0.39, 0.29) is 36.0 Å². The molecule has 0 aliphatic rings. The molecular formula is C24H29N5O4. The SMILES string of the molecule is CC(C)C(O)c1cccc2[nH]c(Cn3cccc(NC(=O)CCC/C=C/C(N)=O)c3=O)nc12. The van der Waals surface area contributed by atoms with Gasteiger partial charge < -0.3 is 25.7 Å². The summed E-state index contributed by atoms with van der Waals surface area (Å²) in [6.07, 6.45) is 5.14. The van der Waals surface area contributed by atoms with Gasteiger partial charge >= 0.3 is 0 Å². The van der Waals surface area contributed by atoms with Crippen molar-refractivity contribution >= 4 is 28.5 Å². The molecule has 0 aliphatic carbocycles. The molecule has 0 saturated heterocycles. The molecule has 0 fully saturated rings. The van der Waals surface area contributed by atoms with Gasteiger partial charge in [-0.1, -0.05) is 32.1 Å². The molecular weight excluding hydrogens is 422 g/mol. The monoisotopic (exact) mass is 451 g/mol. The van der Waals surface area contributed by atoms with Crippen molar-refractivity contribution in [2.24, 2.45) is 11.7 Å². The Hall–Kier alpha value is -3.72. The highest BCUT2D eigenvalue weighted by molar-refractivity contribution is 5.90. The fourth-order valence-electron chi connectivity index (χ4n) is 3.49. The van der Waals surface area contributed by atoms with Crippen molar-refractivity contribution < 1.29 is 14.7 Å². The summed E-state index contributed by atoms with van der Waals surface area (Å²) in [7, 11) is 0. The van der Waals surface area contributed by atoms with Crippen LogP contribution >= 0.6 is 0 Å². The molecule has 2 heterocycles. The zero-order valence-electron chi connectivity index (χ0n) is 18.7. The number of carbonyl (C=O) groups excluding carboxylic acids is 2. The van der Waals surface area contributed by atoms with E-state index in [1.54, 1.807) is 24.4 Å². The van der Waals surface area contributed by atoms with Crippen LogP contribution in [0.15, 0.2) is 53.5 Å². The lowest BCUT2D eigenvalue weighted by molar-refractivity contribution is -0.116. The van der Waals surface area contributed by atoms with Crippen molar-refractivity contribution in [3.05, 3.63) is 70.4 Å². The molecule has 3 aromatic rings. The number of fused-ring (bicyclic) bond motifs is 1. The standard InChI is InChI=1S/C24H29N5O4/c1-15(2)23(32)16-8-6-9-17-22(16)28-20(26-17)14-29-13-7-10-18(24(29)33)27-21(31)12-5-3-4-11-19(25)30/h4,6-11,13,15,23,32H,3,5,12,14H2,1-2H3,(H2,25,30)(H,26,28)(H,27,31)/b11-4+. The van der Waals surface area contributed by atoms with Gasteiger partial charge in [0, 0.05) is 18.2 Å². The van der Waals surface area contributed by atoms with Crippen molar-refractivity contribution in [3.8, 4) is 0 Å². The molecule has 0 bridgehead atoms. The van der Waals surface area contributed by atoms with Gasteiger partial charge in [0.15, 0.2) is 0 Å². The second-order valence-electron chi connectivity index (χ2n) is 8.22. The highest BCUT2D eigenvalue weighted by Crippen LogP contribution is 2.27. The third kappa shape index (κ3) is 6.17. The number of nitrogens with two attached hydrogens (primary N) is 1. The lowest BCUT2D eigenvalue weighted by atomic mass is 9.98. The number of pyridine rings is 1. The van der Waals surface area contributed by atoms with Gasteiger partial charge in [-0.05, 0) is 43.0 Å². The maximum absolute atomic E-state index is 12.8. The van der Waals surface area contributed by atoms with Crippen LogP contribution in [0.25, 0.3) is 11.0 Å². The molecule has 2 aromatic heterocycles. The number of aliphatic hydroxyl groups is 1. The number of para-hydroxylation sites is 1. The number of hydrogen-bond donors (Lipinski definition) is 4. The number of benzene rings is 1. The third-order valence-electron chi connectivity index (χ3n) is 5.21. The molecule has 2 amide bonds. The van der Waals surface area contributed by atoms with Gasteiger partial charge in [-0.15, -0.1) is 0 Å². The Bertz CT molecular complexity index is 1230. The number of amides is 2. The zero-order valence-corrected chi connectivity index (χ0v) is 18.7. The van der Waals surface area contributed by atoms with E-state index in [1.807, 2.05) is 32.0 Å². The van der Waals surface area contributed by atoms with Gasteiger partial charge in [0.05, 0.1) is 23.7 Å². The molecule has 33 heavy (non-hydrogen) atoms. The lowest BCUT2D eigenvalue weighted by Gasteiger charge is -2.14. The number of hydrogen-bond acceptors (Lipinski definition) is 5. The molecule has 9 heteroatoms. The summed E-state index contributed by atoms with van der Waals surface area (Å²) in [4.78, 5) is 43.5. The van der Waals surface area contributed by atoms with E-state index in [2.05, 4.69) is 15.3 Å². The quantitative estimate of drug-likeness (QED) is 0.277. The van der Waals surface area contributed by atoms with Crippen LogP contribution in [0.4, 0.5) is 5.69 Å². The van der Waals surface area contributed by atoms with Crippen LogP contribution in [0.1, 0.15) is 50.6 Å². The van der Waals surface area contributed by atoms with Gasteiger partial charge in [0.1, 0.15) is 11.5 Å². The van der Waals surface area contributed by atoms with Gasteiger partial charge in [-0.25, -0.2) is 4.98 Å². The number of H-pyrrole nitrogens is 1. The number of nitrogens with one attached hydrogen (secondary N) is 2. The van der Waals surface area contributed by atoms with Crippen molar-refractivity contribution in [1.82, 2.24) is 14.5 Å². The average molecular weight is 452 g/mol. The second kappa shape index (κ2) is 10.7. The minimum atomic E-state index is -0.641. The number of aromatic nitrogens is 3. The number of aromatic amines is 1. The number of primary amides is 1. The largest absolute Gasteiger partial charge is 0.388 e. The molecule has 1 unspecified atom stereocenters. The zero-order chi connectivity index (χ0) is 24.0. The Kier molecular flexibility index (Phi) is 7.78. The Labute approximate surface area is 191 Å². The minimum absolute atomic E-state index is 0.0397. The van der Waals surface area contributed by atoms with Crippen LogP contribution in [-0.4, -0.2) is 31.5 Å². The Morgan fingerprint density at radius 1 is 1.27 bits per heavy atom. The van der Waals surface area contributed by atoms with Crippen LogP contribution < -0.4 is 16.6 Å². The number of aliphatic hydroxyl groups excluding tert-OH is 1. The summed E-state index contributed by atoms with van der Waals surface area (Å²) in [6.45, 7) is 4.06. The van der Waals surface area contributed by atoms with Crippen LogP contribution in [-0.2, 0) is 16.1 Å². The first-order chi connectivity index (χ1) is 15.8. The lowest BCUT2D eigenvalue weighted by Crippen LogP contribution is -2.26. The summed E-state index contributed by atoms with van der Waals surface area (Å²) >= 11 is 0. The number of unbranched alkanes of at least 4 members (excludes halogenated alkanes) is 1. The average Bonchev–Trinajstić information content (AvgIpc) is 3.18. The van der Waals surface area contributed by atoms with Crippen LogP contribution in [0.3, 0.4) is 0 Å².